The topological polar surface area (TPSA) is 9.23 Å². The van der Waals surface area contributed by atoms with Crippen LogP contribution in [0.15, 0.2) is 11.8 Å². The first-order chi connectivity index (χ1) is 5.61. The lowest BCUT2D eigenvalue weighted by molar-refractivity contribution is 0.216. The molecule has 0 saturated heterocycles. The molecule has 0 saturated carbocycles. The molecular formula is C11H22O. The van der Waals surface area contributed by atoms with Crippen LogP contribution in [0.1, 0.15) is 41.0 Å². The van der Waals surface area contributed by atoms with Gasteiger partial charge in [-0.3, -0.25) is 0 Å². The number of hydrogen-bond donors (Lipinski definition) is 0. The fraction of sp³-hybridized carbons (Fsp3) is 0.818. The minimum atomic E-state index is 0.617. The van der Waals surface area contributed by atoms with Crippen molar-refractivity contribution in [1.29, 1.82) is 0 Å². The molecule has 1 heteroatoms. The van der Waals surface area contributed by atoms with Gasteiger partial charge in [-0.15, -0.1) is 0 Å². The van der Waals surface area contributed by atoms with E-state index in [9.17, 15) is 0 Å². The Morgan fingerprint density at radius 1 is 1.25 bits per heavy atom. The summed E-state index contributed by atoms with van der Waals surface area (Å²) in [7, 11) is 0. The van der Waals surface area contributed by atoms with Gasteiger partial charge in [0.2, 0.25) is 0 Å². The summed E-state index contributed by atoms with van der Waals surface area (Å²) in [5.74, 6) is 2.46. The van der Waals surface area contributed by atoms with Gasteiger partial charge >= 0.3 is 0 Å². The van der Waals surface area contributed by atoms with Crippen LogP contribution in [0, 0.1) is 11.8 Å². The van der Waals surface area contributed by atoms with Crippen molar-refractivity contribution in [3.8, 4) is 0 Å². The van der Waals surface area contributed by atoms with Gasteiger partial charge in [0.05, 0.1) is 12.4 Å². The molecule has 72 valence electrons. The second kappa shape index (κ2) is 6.10. The smallest absolute Gasteiger partial charge is 0.0919 e. The molecule has 0 aromatic heterocycles. The molecule has 12 heavy (non-hydrogen) atoms. The van der Waals surface area contributed by atoms with Crippen LogP contribution in [-0.2, 0) is 4.74 Å². The lowest BCUT2D eigenvalue weighted by atomic mass is 9.97. The maximum Gasteiger partial charge on any atom is 0.0919 e. The summed E-state index contributed by atoms with van der Waals surface area (Å²) in [5, 5.41) is 0. The molecule has 0 bridgehead atoms. The maximum atomic E-state index is 5.47. The van der Waals surface area contributed by atoms with Crippen LogP contribution >= 0.6 is 0 Å². The Morgan fingerprint density at radius 2 is 1.83 bits per heavy atom. The molecular weight excluding hydrogens is 148 g/mol. The van der Waals surface area contributed by atoms with Crippen molar-refractivity contribution >= 4 is 0 Å². The third kappa shape index (κ3) is 4.42. The number of allylic oxidation sites excluding steroid dienone is 2. The number of rotatable bonds is 5. The number of ether oxygens (including phenoxy) is 1. The average Bonchev–Trinajstić information content (AvgIpc) is 2.03. The Labute approximate surface area is 76.8 Å². The van der Waals surface area contributed by atoms with E-state index in [4.69, 9.17) is 4.74 Å². The summed E-state index contributed by atoms with van der Waals surface area (Å²) < 4.78 is 5.47. The van der Waals surface area contributed by atoms with Crippen molar-refractivity contribution in [3.63, 3.8) is 0 Å². The number of hydrogen-bond acceptors (Lipinski definition) is 1. The third-order valence-electron chi connectivity index (χ3n) is 2.18. The molecule has 0 rings (SSSR count). The molecule has 0 fully saturated rings. The molecule has 1 nitrogen and oxygen atoms in total. The van der Waals surface area contributed by atoms with Gasteiger partial charge in [-0.25, -0.2) is 0 Å². The highest BCUT2D eigenvalue weighted by atomic mass is 16.5. The van der Waals surface area contributed by atoms with E-state index in [1.54, 1.807) is 0 Å². The fourth-order valence-corrected chi connectivity index (χ4v) is 0.939. The zero-order chi connectivity index (χ0) is 9.56. The first kappa shape index (κ1) is 11.5. The molecule has 1 atom stereocenters. The van der Waals surface area contributed by atoms with Gasteiger partial charge in [-0.05, 0) is 24.8 Å². The van der Waals surface area contributed by atoms with Crippen LogP contribution in [0.3, 0.4) is 0 Å². The van der Waals surface area contributed by atoms with Gasteiger partial charge in [0.25, 0.3) is 0 Å². The van der Waals surface area contributed by atoms with Crippen molar-refractivity contribution in [2.24, 2.45) is 11.8 Å². The predicted octanol–water partition coefficient (Wildman–Crippen LogP) is 3.61. The summed E-state index contributed by atoms with van der Waals surface area (Å²) in [6.07, 6.45) is 3.25. The van der Waals surface area contributed by atoms with E-state index in [1.807, 2.05) is 6.92 Å². The minimum absolute atomic E-state index is 0.617. The predicted molar refractivity (Wildman–Crippen MR) is 54.0 cm³/mol. The summed E-state index contributed by atoms with van der Waals surface area (Å²) in [4.78, 5) is 0. The monoisotopic (exact) mass is 170 g/mol. The first-order valence-electron chi connectivity index (χ1n) is 4.95. The van der Waals surface area contributed by atoms with Crippen molar-refractivity contribution in [2.75, 3.05) is 6.61 Å². The standard InChI is InChI=1S/C11H22O/c1-6-11(12-7-2)8-10(5)9(3)4/h8-10H,6-7H2,1-5H3/b11-8-. The molecule has 0 spiro atoms. The Kier molecular flexibility index (Phi) is 5.87. The Morgan fingerprint density at radius 3 is 2.17 bits per heavy atom. The molecule has 0 aliphatic rings. The van der Waals surface area contributed by atoms with Crippen molar-refractivity contribution < 1.29 is 4.74 Å². The highest BCUT2D eigenvalue weighted by Crippen LogP contribution is 2.15. The van der Waals surface area contributed by atoms with Crippen LogP contribution in [0.2, 0.25) is 0 Å². The highest BCUT2D eigenvalue weighted by molar-refractivity contribution is 4.95. The molecule has 0 amide bonds. The lowest BCUT2D eigenvalue weighted by Crippen LogP contribution is -2.02. The zero-order valence-electron chi connectivity index (χ0n) is 9.05. The Balaban J connectivity index is 4.07. The van der Waals surface area contributed by atoms with E-state index in [-0.39, 0.29) is 0 Å². The van der Waals surface area contributed by atoms with Gasteiger partial charge in [0.1, 0.15) is 0 Å². The quantitative estimate of drug-likeness (QED) is 0.573. The molecule has 0 aliphatic carbocycles. The second-order valence-electron chi connectivity index (χ2n) is 3.52. The zero-order valence-corrected chi connectivity index (χ0v) is 9.05. The molecule has 0 aromatic rings. The van der Waals surface area contributed by atoms with Crippen molar-refractivity contribution in [2.45, 2.75) is 41.0 Å². The molecule has 0 N–H and O–H groups in total. The van der Waals surface area contributed by atoms with E-state index in [0.717, 1.165) is 18.8 Å². The van der Waals surface area contributed by atoms with Gasteiger partial charge < -0.3 is 4.74 Å². The fourth-order valence-electron chi connectivity index (χ4n) is 0.939. The summed E-state index contributed by atoms with van der Waals surface area (Å²) >= 11 is 0. The average molecular weight is 170 g/mol. The SMILES string of the molecule is CCO/C(=C\C(C)C(C)C)CC. The molecule has 0 heterocycles. The van der Waals surface area contributed by atoms with Crippen LogP contribution in [0.5, 0.6) is 0 Å². The van der Waals surface area contributed by atoms with E-state index < -0.39 is 0 Å². The minimum Gasteiger partial charge on any atom is -0.499 e. The summed E-state index contributed by atoms with van der Waals surface area (Å²) in [5.41, 5.74) is 0. The van der Waals surface area contributed by atoms with Crippen LogP contribution < -0.4 is 0 Å². The largest absolute Gasteiger partial charge is 0.499 e. The maximum absolute atomic E-state index is 5.47. The van der Waals surface area contributed by atoms with E-state index >= 15 is 0 Å². The van der Waals surface area contributed by atoms with E-state index in [1.165, 1.54) is 0 Å². The Bertz CT molecular complexity index is 136. The van der Waals surface area contributed by atoms with E-state index in [0.29, 0.717) is 11.8 Å². The first-order valence-corrected chi connectivity index (χ1v) is 4.95. The molecule has 0 aromatic carbocycles. The van der Waals surface area contributed by atoms with Crippen molar-refractivity contribution in [3.05, 3.63) is 11.8 Å². The van der Waals surface area contributed by atoms with Gasteiger partial charge in [-0.1, -0.05) is 27.7 Å². The van der Waals surface area contributed by atoms with Crippen molar-refractivity contribution in [1.82, 2.24) is 0 Å². The third-order valence-corrected chi connectivity index (χ3v) is 2.18. The summed E-state index contributed by atoms with van der Waals surface area (Å²) in [6, 6.07) is 0. The van der Waals surface area contributed by atoms with Crippen LogP contribution in [-0.4, -0.2) is 6.61 Å². The Hall–Kier alpha value is -0.460. The highest BCUT2D eigenvalue weighted by Gasteiger charge is 2.05. The van der Waals surface area contributed by atoms with Crippen LogP contribution in [0.25, 0.3) is 0 Å². The van der Waals surface area contributed by atoms with E-state index in [2.05, 4.69) is 33.8 Å². The van der Waals surface area contributed by atoms with Gasteiger partial charge in [0, 0.05) is 6.42 Å². The molecule has 1 unspecified atom stereocenters. The normalized spacial score (nSPS) is 15.0. The van der Waals surface area contributed by atoms with Crippen LogP contribution in [0.4, 0.5) is 0 Å². The summed E-state index contributed by atoms with van der Waals surface area (Å²) in [6.45, 7) is 11.7. The second-order valence-corrected chi connectivity index (χ2v) is 3.52. The molecule has 0 radical (unpaired) electrons. The van der Waals surface area contributed by atoms with Gasteiger partial charge in [0.15, 0.2) is 0 Å². The van der Waals surface area contributed by atoms with Gasteiger partial charge in [-0.2, -0.15) is 0 Å². The lowest BCUT2D eigenvalue weighted by Gasteiger charge is -2.13. The molecule has 0 aliphatic heterocycles.